The summed E-state index contributed by atoms with van der Waals surface area (Å²) in [5.41, 5.74) is 5.00. The maximum absolute atomic E-state index is 12.0. The summed E-state index contributed by atoms with van der Waals surface area (Å²) in [7, 11) is 8.04. The van der Waals surface area contributed by atoms with E-state index in [0.29, 0.717) is 12.5 Å². The molecular formula is C31H44N8O. The van der Waals surface area contributed by atoms with Crippen LogP contribution in [0.1, 0.15) is 13.8 Å². The molecule has 2 aromatic carbocycles. The van der Waals surface area contributed by atoms with Crippen LogP contribution in [0.25, 0.3) is 11.3 Å². The van der Waals surface area contributed by atoms with Crippen LogP contribution in [-0.4, -0.2) is 105 Å². The van der Waals surface area contributed by atoms with Crippen LogP contribution in [0.2, 0.25) is 0 Å². The summed E-state index contributed by atoms with van der Waals surface area (Å²) in [5.74, 6) is 0.502. The molecule has 9 nitrogen and oxygen atoms in total. The van der Waals surface area contributed by atoms with Gasteiger partial charge in [0, 0.05) is 68.1 Å². The number of carbonyl (C=O) groups excluding carboxylic acids is 1. The van der Waals surface area contributed by atoms with Gasteiger partial charge in [0.25, 0.3) is 0 Å². The van der Waals surface area contributed by atoms with Crippen molar-refractivity contribution in [3.63, 3.8) is 0 Å². The number of likely N-dealkylation sites (N-methyl/N-ethyl adjacent to an activating group) is 1. The summed E-state index contributed by atoms with van der Waals surface area (Å²) in [6.45, 7) is 11.5. The zero-order valence-electron chi connectivity index (χ0n) is 24.8. The smallest absolute Gasteiger partial charge is 0.238 e. The molecule has 4 rings (SSSR count). The van der Waals surface area contributed by atoms with Gasteiger partial charge in [0.05, 0.1) is 12.2 Å². The number of piperazine rings is 1. The minimum Gasteiger partial charge on any atom is -0.369 e. The lowest BCUT2D eigenvalue weighted by Gasteiger charge is -2.40. The quantitative estimate of drug-likeness (QED) is 0.374. The van der Waals surface area contributed by atoms with Gasteiger partial charge in [-0.3, -0.25) is 9.69 Å². The molecule has 1 saturated heterocycles. The van der Waals surface area contributed by atoms with Crippen LogP contribution in [0.3, 0.4) is 0 Å². The van der Waals surface area contributed by atoms with Gasteiger partial charge in [-0.25, -0.2) is 9.97 Å². The molecule has 0 aliphatic carbocycles. The van der Waals surface area contributed by atoms with Crippen molar-refractivity contribution in [2.45, 2.75) is 13.8 Å². The van der Waals surface area contributed by atoms with Crippen molar-refractivity contribution in [2.75, 3.05) is 89.5 Å². The fourth-order valence-electron chi connectivity index (χ4n) is 5.35. The van der Waals surface area contributed by atoms with Crippen molar-refractivity contribution in [3.8, 4) is 11.3 Å². The first-order valence-electron chi connectivity index (χ1n) is 13.9. The fourth-order valence-corrected chi connectivity index (χ4v) is 5.35. The molecule has 0 atom stereocenters. The van der Waals surface area contributed by atoms with Gasteiger partial charge < -0.3 is 25.3 Å². The molecule has 1 amide bonds. The molecule has 0 bridgehead atoms. The van der Waals surface area contributed by atoms with E-state index < -0.39 is 0 Å². The Balaban J connectivity index is 1.31. The SMILES string of the molecule is CN(C)CC(=O)Nc1ccc(-c2ccnc(Nc3ccc(N4CCN(CC(C)(C)CN(C)C)CC4)cc3)n2)cc1. The molecule has 0 saturated carbocycles. The monoisotopic (exact) mass is 544 g/mol. The first-order chi connectivity index (χ1) is 19.1. The van der Waals surface area contributed by atoms with Gasteiger partial charge in [-0.1, -0.05) is 26.0 Å². The third-order valence-electron chi connectivity index (χ3n) is 6.84. The van der Waals surface area contributed by atoms with Crippen molar-refractivity contribution < 1.29 is 4.79 Å². The van der Waals surface area contributed by atoms with Crippen LogP contribution < -0.4 is 15.5 Å². The third kappa shape index (κ3) is 8.74. The van der Waals surface area contributed by atoms with Crippen LogP contribution >= 0.6 is 0 Å². The number of aromatic nitrogens is 2. The molecule has 2 N–H and O–H groups in total. The molecule has 9 heteroatoms. The van der Waals surface area contributed by atoms with Gasteiger partial charge >= 0.3 is 0 Å². The molecular weight excluding hydrogens is 500 g/mol. The molecule has 1 fully saturated rings. The summed E-state index contributed by atoms with van der Waals surface area (Å²) >= 11 is 0. The minimum atomic E-state index is -0.0424. The van der Waals surface area contributed by atoms with E-state index in [1.807, 2.05) is 49.3 Å². The summed E-state index contributed by atoms with van der Waals surface area (Å²) in [6, 6.07) is 18.1. The fraction of sp³-hybridized carbons (Fsp3) is 0.452. The number of nitrogens with one attached hydrogen (secondary N) is 2. The van der Waals surface area contributed by atoms with E-state index >= 15 is 0 Å². The van der Waals surface area contributed by atoms with Crippen molar-refractivity contribution in [1.82, 2.24) is 24.7 Å². The number of rotatable bonds is 11. The highest BCUT2D eigenvalue weighted by atomic mass is 16.2. The highest BCUT2D eigenvalue weighted by molar-refractivity contribution is 5.92. The van der Waals surface area contributed by atoms with E-state index in [9.17, 15) is 4.79 Å². The van der Waals surface area contributed by atoms with Crippen molar-refractivity contribution in [3.05, 3.63) is 60.8 Å². The minimum absolute atomic E-state index is 0.0424. The molecule has 0 radical (unpaired) electrons. The Morgan fingerprint density at radius 3 is 2.15 bits per heavy atom. The first kappa shape index (κ1) is 29.5. The van der Waals surface area contributed by atoms with Crippen LogP contribution in [0.5, 0.6) is 0 Å². The van der Waals surface area contributed by atoms with Crippen LogP contribution in [0, 0.1) is 5.41 Å². The number of carbonyl (C=O) groups is 1. The molecule has 2 heterocycles. The van der Waals surface area contributed by atoms with E-state index in [1.54, 1.807) is 6.20 Å². The predicted molar refractivity (Wildman–Crippen MR) is 165 cm³/mol. The van der Waals surface area contributed by atoms with Gasteiger partial charge in [-0.15, -0.1) is 0 Å². The van der Waals surface area contributed by atoms with Crippen molar-refractivity contribution in [2.24, 2.45) is 5.41 Å². The van der Waals surface area contributed by atoms with Crippen LogP contribution in [0.4, 0.5) is 23.0 Å². The predicted octanol–water partition coefficient (Wildman–Crippen LogP) is 4.10. The summed E-state index contributed by atoms with van der Waals surface area (Å²) in [4.78, 5) is 30.3. The molecule has 3 aromatic rings. The highest BCUT2D eigenvalue weighted by Gasteiger charge is 2.25. The standard InChI is InChI=1S/C31H44N8O/c1-31(2,22-37(5)6)23-38-17-19-39(20-18-38)27-13-11-26(12-14-27)34-30-32-16-15-28(35-30)24-7-9-25(10-8-24)33-29(40)21-36(3)4/h7-16H,17-23H2,1-6H3,(H,33,40)(H,32,34,35). The van der Waals surface area contributed by atoms with Gasteiger partial charge in [0.2, 0.25) is 11.9 Å². The van der Waals surface area contributed by atoms with Crippen LogP contribution in [0.15, 0.2) is 60.8 Å². The number of benzene rings is 2. The largest absolute Gasteiger partial charge is 0.369 e. The second kappa shape index (κ2) is 13.2. The molecule has 40 heavy (non-hydrogen) atoms. The summed E-state index contributed by atoms with van der Waals surface area (Å²) < 4.78 is 0. The summed E-state index contributed by atoms with van der Waals surface area (Å²) in [5, 5.41) is 6.24. The molecule has 1 aromatic heterocycles. The zero-order valence-corrected chi connectivity index (χ0v) is 24.8. The molecule has 214 valence electrons. The lowest BCUT2D eigenvalue weighted by Crippen LogP contribution is -2.50. The Morgan fingerprint density at radius 2 is 1.52 bits per heavy atom. The van der Waals surface area contributed by atoms with E-state index in [0.717, 1.165) is 61.9 Å². The number of anilines is 4. The van der Waals surface area contributed by atoms with Crippen molar-refractivity contribution in [1.29, 1.82) is 0 Å². The number of hydrogen-bond donors (Lipinski definition) is 2. The molecule has 0 spiro atoms. The summed E-state index contributed by atoms with van der Waals surface area (Å²) in [6.07, 6.45) is 1.76. The lowest BCUT2D eigenvalue weighted by atomic mass is 9.92. The van der Waals surface area contributed by atoms with Crippen LogP contribution in [-0.2, 0) is 4.79 Å². The van der Waals surface area contributed by atoms with E-state index in [1.165, 1.54) is 5.69 Å². The van der Waals surface area contributed by atoms with E-state index in [-0.39, 0.29) is 11.3 Å². The highest BCUT2D eigenvalue weighted by Crippen LogP contribution is 2.25. The van der Waals surface area contributed by atoms with Gasteiger partial charge in [-0.2, -0.15) is 0 Å². The normalized spacial score (nSPS) is 14.6. The number of amides is 1. The van der Waals surface area contributed by atoms with E-state index in [4.69, 9.17) is 4.98 Å². The first-order valence-corrected chi connectivity index (χ1v) is 13.9. The number of hydrogen-bond acceptors (Lipinski definition) is 8. The Kier molecular flexibility index (Phi) is 9.73. The second-order valence-corrected chi connectivity index (χ2v) is 12.0. The lowest BCUT2D eigenvalue weighted by molar-refractivity contribution is -0.116. The maximum atomic E-state index is 12.0. The van der Waals surface area contributed by atoms with Gasteiger partial charge in [0.1, 0.15) is 0 Å². The Morgan fingerprint density at radius 1 is 0.875 bits per heavy atom. The third-order valence-corrected chi connectivity index (χ3v) is 6.84. The van der Waals surface area contributed by atoms with E-state index in [2.05, 4.69) is 82.5 Å². The molecule has 1 aliphatic heterocycles. The van der Waals surface area contributed by atoms with Gasteiger partial charge in [-0.05, 0) is 76.1 Å². The van der Waals surface area contributed by atoms with Gasteiger partial charge in [0.15, 0.2) is 0 Å². The Labute approximate surface area is 239 Å². The Hall–Kier alpha value is -3.53. The van der Waals surface area contributed by atoms with Crippen molar-refractivity contribution >= 4 is 28.9 Å². The molecule has 0 unspecified atom stereocenters. The molecule has 1 aliphatic rings. The topological polar surface area (TPSA) is 79.9 Å². The Bertz CT molecular complexity index is 1230. The average molecular weight is 545 g/mol. The average Bonchev–Trinajstić information content (AvgIpc) is 2.89. The zero-order chi connectivity index (χ0) is 28.7. The number of nitrogens with zero attached hydrogens (tertiary/aromatic N) is 6. The second-order valence-electron chi connectivity index (χ2n) is 12.0. The maximum Gasteiger partial charge on any atom is 0.238 e.